The number of benzene rings is 1. The van der Waals surface area contributed by atoms with E-state index in [0.29, 0.717) is 5.69 Å². The van der Waals surface area contributed by atoms with E-state index in [4.69, 9.17) is 0 Å². The van der Waals surface area contributed by atoms with Crippen LogP contribution in [0, 0.1) is 27.7 Å². The first-order valence-corrected chi connectivity index (χ1v) is 6.72. The van der Waals surface area contributed by atoms with Gasteiger partial charge >= 0.3 is 11.8 Å². The number of aromatic nitrogens is 1. The second kappa shape index (κ2) is 5.83. The van der Waals surface area contributed by atoms with E-state index in [0.717, 1.165) is 22.5 Å². The Morgan fingerprint density at radius 2 is 1.38 bits per heavy atom. The highest BCUT2D eigenvalue weighted by molar-refractivity contribution is 6.42. The minimum absolute atomic E-state index is 0.619. The number of nitrogens with zero attached hydrogens (tertiary/aromatic N) is 1. The van der Waals surface area contributed by atoms with E-state index in [1.54, 1.807) is 4.68 Å². The van der Waals surface area contributed by atoms with E-state index in [1.807, 2.05) is 58.0 Å². The first-order chi connectivity index (χ1) is 9.86. The van der Waals surface area contributed by atoms with E-state index in [1.165, 1.54) is 0 Å². The monoisotopic (exact) mass is 285 g/mol. The number of anilines is 1. The van der Waals surface area contributed by atoms with Crippen molar-refractivity contribution in [1.82, 2.24) is 4.68 Å². The molecule has 5 heteroatoms. The molecular weight excluding hydrogens is 266 g/mol. The third kappa shape index (κ3) is 3.51. The van der Waals surface area contributed by atoms with Crippen LogP contribution in [-0.4, -0.2) is 16.5 Å². The molecule has 5 nitrogen and oxygen atoms in total. The quantitative estimate of drug-likeness (QED) is 0.832. The molecule has 0 saturated carbocycles. The number of hydrogen-bond acceptors (Lipinski definition) is 2. The zero-order valence-electron chi connectivity index (χ0n) is 12.7. The molecule has 0 fully saturated rings. The zero-order valence-corrected chi connectivity index (χ0v) is 12.7. The van der Waals surface area contributed by atoms with Crippen LogP contribution in [0.5, 0.6) is 0 Å². The Bertz CT molecular complexity index is 662. The third-order valence-corrected chi connectivity index (χ3v) is 3.17. The van der Waals surface area contributed by atoms with Crippen LogP contribution in [-0.2, 0) is 9.59 Å². The predicted molar refractivity (Wildman–Crippen MR) is 82.8 cm³/mol. The van der Waals surface area contributed by atoms with Crippen molar-refractivity contribution in [2.75, 3.05) is 10.7 Å². The second-order valence-corrected chi connectivity index (χ2v) is 5.22. The molecule has 0 aliphatic carbocycles. The molecule has 0 saturated heterocycles. The Morgan fingerprint density at radius 3 is 1.90 bits per heavy atom. The van der Waals surface area contributed by atoms with Crippen molar-refractivity contribution in [3.63, 3.8) is 0 Å². The smallest absolute Gasteiger partial charge is 0.318 e. The van der Waals surface area contributed by atoms with Gasteiger partial charge in [0.05, 0.1) is 0 Å². The zero-order chi connectivity index (χ0) is 15.6. The number of hydrogen-bond donors (Lipinski definition) is 2. The van der Waals surface area contributed by atoms with Crippen LogP contribution >= 0.6 is 0 Å². The van der Waals surface area contributed by atoms with Gasteiger partial charge < -0.3 is 5.32 Å². The number of carbonyl (C=O) groups is 2. The maximum absolute atomic E-state index is 11.9. The van der Waals surface area contributed by atoms with Crippen LogP contribution in [0.4, 0.5) is 5.69 Å². The second-order valence-electron chi connectivity index (χ2n) is 5.22. The van der Waals surface area contributed by atoms with Gasteiger partial charge in [-0.2, -0.15) is 0 Å². The van der Waals surface area contributed by atoms with E-state index in [9.17, 15) is 9.59 Å². The Hall–Kier alpha value is -2.56. The van der Waals surface area contributed by atoms with Gasteiger partial charge in [-0.25, -0.2) is 0 Å². The van der Waals surface area contributed by atoms with Crippen LogP contribution < -0.4 is 10.7 Å². The minimum Gasteiger partial charge on any atom is -0.318 e. The fraction of sp³-hybridized carbons (Fsp3) is 0.250. The SMILES string of the molecule is Cc1cc(C)cc(NC(=O)C(=O)Nn2c(C)ccc2C)c1. The summed E-state index contributed by atoms with van der Waals surface area (Å²) in [6.45, 7) is 7.59. The summed E-state index contributed by atoms with van der Waals surface area (Å²) in [5.41, 5.74) is 6.98. The Morgan fingerprint density at radius 1 is 0.857 bits per heavy atom. The molecule has 2 amide bonds. The van der Waals surface area contributed by atoms with Crippen molar-refractivity contribution in [2.45, 2.75) is 27.7 Å². The summed E-state index contributed by atoms with van der Waals surface area (Å²) >= 11 is 0. The molecule has 110 valence electrons. The van der Waals surface area contributed by atoms with Crippen molar-refractivity contribution >= 4 is 17.5 Å². The Kier molecular flexibility index (Phi) is 4.12. The molecule has 2 aromatic rings. The van der Waals surface area contributed by atoms with Crippen LogP contribution in [0.15, 0.2) is 30.3 Å². The molecule has 0 bridgehead atoms. The lowest BCUT2D eigenvalue weighted by molar-refractivity contribution is -0.133. The van der Waals surface area contributed by atoms with Gasteiger partial charge in [0.25, 0.3) is 0 Å². The summed E-state index contributed by atoms with van der Waals surface area (Å²) in [7, 11) is 0. The van der Waals surface area contributed by atoms with Crippen LogP contribution in [0.1, 0.15) is 22.5 Å². The number of aryl methyl sites for hydroxylation is 4. The normalized spacial score (nSPS) is 10.3. The molecule has 0 spiro atoms. The molecule has 2 N–H and O–H groups in total. The molecule has 0 atom stereocenters. The van der Waals surface area contributed by atoms with Crippen molar-refractivity contribution in [3.8, 4) is 0 Å². The lowest BCUT2D eigenvalue weighted by atomic mass is 10.1. The summed E-state index contributed by atoms with van der Waals surface area (Å²) in [4.78, 5) is 23.9. The van der Waals surface area contributed by atoms with E-state index in [2.05, 4.69) is 10.7 Å². The molecule has 0 aliphatic heterocycles. The van der Waals surface area contributed by atoms with Crippen LogP contribution in [0.2, 0.25) is 0 Å². The highest BCUT2D eigenvalue weighted by Crippen LogP contribution is 2.13. The number of nitrogens with one attached hydrogen (secondary N) is 2. The van der Waals surface area contributed by atoms with Gasteiger partial charge in [-0.15, -0.1) is 0 Å². The van der Waals surface area contributed by atoms with Gasteiger partial charge in [-0.1, -0.05) is 6.07 Å². The van der Waals surface area contributed by atoms with Crippen molar-refractivity contribution in [2.24, 2.45) is 0 Å². The molecule has 21 heavy (non-hydrogen) atoms. The van der Waals surface area contributed by atoms with Gasteiger partial charge in [-0.05, 0) is 63.1 Å². The summed E-state index contributed by atoms with van der Waals surface area (Å²) in [6, 6.07) is 9.39. The molecule has 2 rings (SSSR count). The number of carbonyl (C=O) groups excluding carboxylic acids is 2. The van der Waals surface area contributed by atoms with Gasteiger partial charge in [0, 0.05) is 17.1 Å². The van der Waals surface area contributed by atoms with Crippen molar-refractivity contribution in [3.05, 3.63) is 52.8 Å². The third-order valence-electron chi connectivity index (χ3n) is 3.17. The molecular formula is C16H19N3O2. The van der Waals surface area contributed by atoms with E-state index in [-0.39, 0.29) is 0 Å². The van der Waals surface area contributed by atoms with Crippen LogP contribution in [0.25, 0.3) is 0 Å². The largest absolute Gasteiger partial charge is 0.328 e. The maximum atomic E-state index is 11.9. The predicted octanol–water partition coefficient (Wildman–Crippen LogP) is 2.43. The average Bonchev–Trinajstić information content (AvgIpc) is 2.69. The topological polar surface area (TPSA) is 63.1 Å². The Balaban J connectivity index is 2.08. The van der Waals surface area contributed by atoms with Gasteiger partial charge in [0.2, 0.25) is 0 Å². The molecule has 0 radical (unpaired) electrons. The van der Waals surface area contributed by atoms with Crippen molar-refractivity contribution < 1.29 is 9.59 Å². The van der Waals surface area contributed by atoms with E-state index < -0.39 is 11.8 Å². The molecule has 0 aliphatic rings. The fourth-order valence-corrected chi connectivity index (χ4v) is 2.23. The first-order valence-electron chi connectivity index (χ1n) is 6.72. The highest BCUT2D eigenvalue weighted by atomic mass is 16.2. The summed E-state index contributed by atoms with van der Waals surface area (Å²) in [5, 5.41) is 2.61. The van der Waals surface area contributed by atoms with Gasteiger partial charge in [0.15, 0.2) is 0 Å². The summed E-state index contributed by atoms with van der Waals surface area (Å²) in [6.07, 6.45) is 0. The molecule has 1 heterocycles. The number of amides is 2. The lowest BCUT2D eigenvalue weighted by Crippen LogP contribution is -2.35. The molecule has 0 unspecified atom stereocenters. The minimum atomic E-state index is -0.698. The standard InChI is InChI=1S/C16H19N3O2/c1-10-7-11(2)9-14(8-10)17-15(20)16(21)18-19-12(3)5-6-13(19)4/h5-9H,1-4H3,(H,17,20)(H,18,21). The number of rotatable bonds is 2. The highest BCUT2D eigenvalue weighted by Gasteiger charge is 2.15. The Labute approximate surface area is 123 Å². The molecule has 1 aromatic heterocycles. The van der Waals surface area contributed by atoms with Gasteiger partial charge in [0.1, 0.15) is 0 Å². The first kappa shape index (κ1) is 14.8. The van der Waals surface area contributed by atoms with E-state index >= 15 is 0 Å². The van der Waals surface area contributed by atoms with Crippen LogP contribution in [0.3, 0.4) is 0 Å². The summed E-state index contributed by atoms with van der Waals surface area (Å²) in [5.74, 6) is -1.39. The maximum Gasteiger partial charge on any atom is 0.328 e. The average molecular weight is 285 g/mol. The fourth-order valence-electron chi connectivity index (χ4n) is 2.23. The molecule has 1 aromatic carbocycles. The van der Waals surface area contributed by atoms with Crippen molar-refractivity contribution in [1.29, 1.82) is 0 Å². The lowest BCUT2D eigenvalue weighted by Gasteiger charge is -2.11. The van der Waals surface area contributed by atoms with Gasteiger partial charge in [-0.3, -0.25) is 19.7 Å². The summed E-state index contributed by atoms with van der Waals surface area (Å²) < 4.78 is 1.59.